The molecule has 0 heterocycles. The van der Waals surface area contributed by atoms with Gasteiger partial charge in [0.05, 0.1) is 0 Å². The molecule has 1 atom stereocenters. The molecule has 0 spiro atoms. The summed E-state index contributed by atoms with van der Waals surface area (Å²) >= 11 is 0. The molecule has 3 aromatic rings. The number of carbonyl (C=O) groups is 1. The summed E-state index contributed by atoms with van der Waals surface area (Å²) in [6, 6.07) is 20.6. The van der Waals surface area contributed by atoms with Crippen LogP contribution < -0.4 is 4.74 Å². The molecule has 1 aliphatic rings. The Bertz CT molecular complexity index is 1010. The zero-order valence-corrected chi connectivity index (χ0v) is 15.9. The van der Waals surface area contributed by atoms with Gasteiger partial charge in [-0.05, 0) is 54.7 Å². The quantitative estimate of drug-likeness (QED) is 0.397. The van der Waals surface area contributed by atoms with Gasteiger partial charge in [0.15, 0.2) is 0 Å². The van der Waals surface area contributed by atoms with Crippen LogP contribution in [0.1, 0.15) is 31.7 Å². The largest absolute Gasteiger partial charge is 0.422 e. The lowest BCUT2D eigenvalue weighted by Crippen LogP contribution is -2.15. The van der Waals surface area contributed by atoms with Crippen molar-refractivity contribution < 1.29 is 9.53 Å². The number of benzene rings is 3. The number of fused-ring (bicyclic) bond motifs is 1. The summed E-state index contributed by atoms with van der Waals surface area (Å²) in [6.07, 6.45) is 5.06. The molecule has 0 aliphatic heterocycles. The van der Waals surface area contributed by atoms with E-state index in [9.17, 15) is 4.79 Å². The van der Waals surface area contributed by atoms with Crippen LogP contribution in [0, 0.1) is 12.8 Å². The fraction of sp³-hybridized carbons (Fsp3) is 0.240. The second-order valence-electron chi connectivity index (χ2n) is 7.48. The number of carbonyl (C=O) groups excluding carboxylic acids is 1. The first-order chi connectivity index (χ1) is 13.1. The molecule has 136 valence electrons. The second-order valence-corrected chi connectivity index (χ2v) is 7.48. The van der Waals surface area contributed by atoms with E-state index in [0.717, 1.165) is 46.7 Å². The molecular weight excluding hydrogens is 332 g/mol. The maximum atomic E-state index is 12.8. The maximum Gasteiger partial charge on any atom is 0.339 e. The van der Waals surface area contributed by atoms with Gasteiger partial charge < -0.3 is 4.74 Å². The number of rotatable bonds is 3. The standard InChI is InChI=1S/C25H24O2/c1-17-12-14-19(15-13-17)22-10-4-7-20-8-5-11-23(24(20)22)27-25(26)21-9-3-6-18(2)16-21/h4-5,7-8,10-16,18H,3,6,9H2,1-2H3. The molecule has 4 rings (SSSR count). The second kappa shape index (κ2) is 7.40. The van der Waals surface area contributed by atoms with Crippen molar-refractivity contribution in [1.29, 1.82) is 0 Å². The Labute approximate surface area is 160 Å². The van der Waals surface area contributed by atoms with Crippen LogP contribution in [0.5, 0.6) is 5.75 Å². The minimum absolute atomic E-state index is 0.215. The predicted molar refractivity (Wildman–Crippen MR) is 111 cm³/mol. The summed E-state index contributed by atoms with van der Waals surface area (Å²) in [6.45, 7) is 4.23. The monoisotopic (exact) mass is 356 g/mol. The zero-order valence-electron chi connectivity index (χ0n) is 15.9. The van der Waals surface area contributed by atoms with Crippen LogP contribution in [0.25, 0.3) is 21.9 Å². The molecule has 0 aromatic heterocycles. The molecule has 0 saturated carbocycles. The van der Waals surface area contributed by atoms with E-state index in [1.165, 1.54) is 5.56 Å². The van der Waals surface area contributed by atoms with E-state index in [4.69, 9.17) is 4.74 Å². The average Bonchev–Trinajstić information content (AvgIpc) is 2.68. The lowest BCUT2D eigenvalue weighted by Gasteiger charge is -2.18. The normalized spacial score (nSPS) is 16.8. The molecule has 0 N–H and O–H groups in total. The highest BCUT2D eigenvalue weighted by molar-refractivity contribution is 6.03. The molecule has 0 fully saturated rings. The smallest absolute Gasteiger partial charge is 0.339 e. The summed E-state index contributed by atoms with van der Waals surface area (Å²) in [7, 11) is 0. The summed E-state index contributed by atoms with van der Waals surface area (Å²) < 4.78 is 5.89. The third-order valence-corrected chi connectivity index (χ3v) is 5.29. The first kappa shape index (κ1) is 17.5. The van der Waals surface area contributed by atoms with Crippen molar-refractivity contribution >= 4 is 16.7 Å². The van der Waals surface area contributed by atoms with Gasteiger partial charge in [0.1, 0.15) is 5.75 Å². The number of hydrogen-bond donors (Lipinski definition) is 0. The van der Waals surface area contributed by atoms with E-state index in [0.29, 0.717) is 11.7 Å². The number of aryl methyl sites for hydroxylation is 1. The number of esters is 1. The molecule has 27 heavy (non-hydrogen) atoms. The number of hydrogen-bond acceptors (Lipinski definition) is 2. The molecule has 2 heteroatoms. The molecule has 0 bridgehead atoms. The first-order valence-electron chi connectivity index (χ1n) is 9.63. The van der Waals surface area contributed by atoms with Crippen molar-refractivity contribution in [1.82, 2.24) is 0 Å². The molecule has 1 unspecified atom stereocenters. The van der Waals surface area contributed by atoms with Gasteiger partial charge in [-0.2, -0.15) is 0 Å². The van der Waals surface area contributed by atoms with E-state index in [1.54, 1.807) is 0 Å². The van der Waals surface area contributed by atoms with Crippen molar-refractivity contribution in [3.63, 3.8) is 0 Å². The lowest BCUT2D eigenvalue weighted by atomic mass is 9.92. The van der Waals surface area contributed by atoms with Crippen molar-refractivity contribution in [2.45, 2.75) is 33.1 Å². The Kier molecular flexibility index (Phi) is 4.81. The highest BCUT2D eigenvalue weighted by Gasteiger charge is 2.19. The molecule has 0 amide bonds. The topological polar surface area (TPSA) is 26.3 Å². The van der Waals surface area contributed by atoms with Gasteiger partial charge in [-0.15, -0.1) is 0 Å². The van der Waals surface area contributed by atoms with E-state index in [-0.39, 0.29) is 5.97 Å². The minimum Gasteiger partial charge on any atom is -0.422 e. The van der Waals surface area contributed by atoms with Gasteiger partial charge in [0.25, 0.3) is 0 Å². The summed E-state index contributed by atoms with van der Waals surface area (Å²) in [4.78, 5) is 12.8. The van der Waals surface area contributed by atoms with E-state index < -0.39 is 0 Å². The SMILES string of the molecule is Cc1ccc(-c2cccc3cccc(OC(=O)C4=CC(C)CCC4)c23)cc1. The van der Waals surface area contributed by atoms with Gasteiger partial charge >= 0.3 is 5.97 Å². The fourth-order valence-corrected chi connectivity index (χ4v) is 3.83. The lowest BCUT2D eigenvalue weighted by molar-refractivity contribution is -0.130. The average molecular weight is 356 g/mol. The van der Waals surface area contributed by atoms with Crippen LogP contribution >= 0.6 is 0 Å². The Balaban J connectivity index is 1.77. The van der Waals surface area contributed by atoms with Crippen molar-refractivity contribution in [3.05, 3.63) is 77.9 Å². The third kappa shape index (κ3) is 3.66. The fourth-order valence-electron chi connectivity index (χ4n) is 3.83. The highest BCUT2D eigenvalue weighted by Crippen LogP contribution is 2.36. The van der Waals surface area contributed by atoms with Gasteiger partial charge in [-0.25, -0.2) is 4.79 Å². The molecule has 1 aliphatic carbocycles. The highest BCUT2D eigenvalue weighted by atomic mass is 16.5. The summed E-state index contributed by atoms with van der Waals surface area (Å²) in [5.74, 6) is 0.859. The van der Waals surface area contributed by atoms with Crippen LogP contribution in [0.2, 0.25) is 0 Å². The van der Waals surface area contributed by atoms with E-state index in [2.05, 4.69) is 68.5 Å². The molecule has 3 aromatic carbocycles. The molecular formula is C25H24O2. The van der Waals surface area contributed by atoms with Crippen molar-refractivity contribution in [3.8, 4) is 16.9 Å². The van der Waals surface area contributed by atoms with E-state index >= 15 is 0 Å². The van der Waals surface area contributed by atoms with Crippen LogP contribution in [-0.4, -0.2) is 5.97 Å². The number of ether oxygens (including phenoxy) is 1. The first-order valence-corrected chi connectivity index (χ1v) is 9.63. The van der Waals surface area contributed by atoms with Gasteiger partial charge in [0.2, 0.25) is 0 Å². The third-order valence-electron chi connectivity index (χ3n) is 5.29. The Hall–Kier alpha value is -2.87. The van der Waals surface area contributed by atoms with Gasteiger partial charge in [-0.3, -0.25) is 0 Å². The Morgan fingerprint density at radius 3 is 2.48 bits per heavy atom. The van der Waals surface area contributed by atoms with Crippen LogP contribution in [0.3, 0.4) is 0 Å². The molecule has 0 saturated heterocycles. The Morgan fingerprint density at radius 1 is 1.00 bits per heavy atom. The van der Waals surface area contributed by atoms with Crippen LogP contribution in [-0.2, 0) is 4.79 Å². The van der Waals surface area contributed by atoms with Gasteiger partial charge in [-0.1, -0.05) is 73.2 Å². The van der Waals surface area contributed by atoms with Gasteiger partial charge in [0, 0.05) is 11.0 Å². The minimum atomic E-state index is -0.215. The predicted octanol–water partition coefficient (Wildman–Crippen LogP) is 6.47. The van der Waals surface area contributed by atoms with Crippen molar-refractivity contribution in [2.24, 2.45) is 5.92 Å². The molecule has 0 radical (unpaired) electrons. The van der Waals surface area contributed by atoms with Crippen molar-refractivity contribution in [2.75, 3.05) is 0 Å². The Morgan fingerprint density at radius 2 is 1.74 bits per heavy atom. The van der Waals surface area contributed by atoms with Crippen LogP contribution in [0.15, 0.2) is 72.3 Å². The molecule has 2 nitrogen and oxygen atoms in total. The van der Waals surface area contributed by atoms with E-state index in [1.807, 2.05) is 12.1 Å². The maximum absolute atomic E-state index is 12.8. The van der Waals surface area contributed by atoms with Crippen LogP contribution in [0.4, 0.5) is 0 Å². The zero-order chi connectivity index (χ0) is 18.8. The summed E-state index contributed by atoms with van der Waals surface area (Å²) in [5, 5.41) is 2.06. The summed E-state index contributed by atoms with van der Waals surface area (Å²) in [5.41, 5.74) is 4.24. The number of allylic oxidation sites excluding steroid dienone is 1.